The van der Waals surface area contributed by atoms with E-state index in [-0.39, 0.29) is 0 Å². The predicted octanol–water partition coefficient (Wildman–Crippen LogP) is 1.06. The van der Waals surface area contributed by atoms with Gasteiger partial charge in [-0.1, -0.05) is 0 Å². The largest absolute Gasteiger partial charge is 0.380 e. The molecule has 3 nitrogen and oxygen atoms in total. The molecule has 1 aliphatic heterocycles. The Balaban J connectivity index is 1.74. The van der Waals surface area contributed by atoms with Crippen LogP contribution in [-0.4, -0.2) is 25.3 Å². The molecule has 1 heterocycles. The maximum Gasteiger partial charge on any atom is 0.0656 e. The molecule has 3 atom stereocenters. The number of hydrogen-bond acceptors (Lipinski definition) is 3. The Morgan fingerprint density at radius 2 is 2.15 bits per heavy atom. The predicted molar refractivity (Wildman–Crippen MR) is 49.1 cm³/mol. The molecule has 3 unspecified atom stereocenters. The molecule has 0 aromatic carbocycles. The van der Waals surface area contributed by atoms with E-state index in [1.807, 2.05) is 0 Å². The van der Waals surface area contributed by atoms with Gasteiger partial charge in [-0.05, 0) is 25.7 Å². The van der Waals surface area contributed by atoms with Crippen LogP contribution in [0.1, 0.15) is 25.7 Å². The maximum atomic E-state index is 8.74. The first-order valence-corrected chi connectivity index (χ1v) is 5.12. The van der Waals surface area contributed by atoms with Crippen molar-refractivity contribution in [2.45, 2.75) is 37.8 Å². The summed E-state index contributed by atoms with van der Waals surface area (Å²) in [5, 5.41) is 12.3. The molecule has 0 radical (unpaired) electrons. The Bertz CT molecular complexity index is 205. The standard InChI is InChI=1S/C10H16N2O/c11-6-8-1-2-9(5-8)12-10-3-4-13-7-10/h8-10,12H,1-5,7H2. The van der Waals surface area contributed by atoms with E-state index in [2.05, 4.69) is 11.4 Å². The van der Waals surface area contributed by atoms with Gasteiger partial charge in [-0.2, -0.15) is 5.26 Å². The number of ether oxygens (including phenoxy) is 1. The van der Waals surface area contributed by atoms with Gasteiger partial charge in [0.25, 0.3) is 0 Å². The Morgan fingerprint density at radius 1 is 1.23 bits per heavy atom. The van der Waals surface area contributed by atoms with Gasteiger partial charge in [-0.15, -0.1) is 0 Å². The van der Waals surface area contributed by atoms with E-state index in [0.29, 0.717) is 18.0 Å². The summed E-state index contributed by atoms with van der Waals surface area (Å²) in [5.41, 5.74) is 0. The van der Waals surface area contributed by atoms with Crippen molar-refractivity contribution in [2.75, 3.05) is 13.2 Å². The first-order valence-electron chi connectivity index (χ1n) is 5.12. The van der Waals surface area contributed by atoms with Gasteiger partial charge < -0.3 is 10.1 Å². The summed E-state index contributed by atoms with van der Waals surface area (Å²) >= 11 is 0. The normalized spacial score (nSPS) is 39.2. The number of rotatable bonds is 2. The van der Waals surface area contributed by atoms with Gasteiger partial charge in [0.1, 0.15) is 0 Å². The van der Waals surface area contributed by atoms with E-state index in [9.17, 15) is 0 Å². The highest BCUT2D eigenvalue weighted by atomic mass is 16.5. The first kappa shape index (κ1) is 8.98. The Hall–Kier alpha value is -0.590. The van der Waals surface area contributed by atoms with Crippen molar-refractivity contribution >= 4 is 0 Å². The van der Waals surface area contributed by atoms with Crippen LogP contribution in [-0.2, 0) is 4.74 Å². The van der Waals surface area contributed by atoms with Crippen molar-refractivity contribution in [3.63, 3.8) is 0 Å². The lowest BCUT2D eigenvalue weighted by Gasteiger charge is -2.16. The fraction of sp³-hybridized carbons (Fsp3) is 0.900. The molecule has 1 aliphatic carbocycles. The SMILES string of the molecule is N#CC1CCC(NC2CCOC2)C1. The second-order valence-electron chi connectivity index (χ2n) is 4.06. The third-order valence-electron chi connectivity index (χ3n) is 3.02. The fourth-order valence-corrected chi connectivity index (χ4v) is 2.25. The summed E-state index contributed by atoms with van der Waals surface area (Å²) in [4.78, 5) is 0. The quantitative estimate of drug-likeness (QED) is 0.691. The zero-order chi connectivity index (χ0) is 9.10. The number of hydrogen-bond donors (Lipinski definition) is 1. The molecule has 1 saturated carbocycles. The van der Waals surface area contributed by atoms with Gasteiger partial charge in [0.2, 0.25) is 0 Å². The Kier molecular flexibility index (Phi) is 2.82. The molecule has 72 valence electrons. The van der Waals surface area contributed by atoms with Crippen LogP contribution in [0.2, 0.25) is 0 Å². The van der Waals surface area contributed by atoms with Gasteiger partial charge in [0.15, 0.2) is 0 Å². The van der Waals surface area contributed by atoms with Crippen LogP contribution in [0, 0.1) is 17.2 Å². The Labute approximate surface area is 79.1 Å². The molecule has 0 aromatic heterocycles. The van der Waals surface area contributed by atoms with Crippen molar-refractivity contribution < 1.29 is 4.74 Å². The third kappa shape index (κ3) is 2.20. The second-order valence-corrected chi connectivity index (χ2v) is 4.06. The zero-order valence-corrected chi connectivity index (χ0v) is 7.83. The lowest BCUT2D eigenvalue weighted by atomic mass is 10.1. The van der Waals surface area contributed by atoms with Gasteiger partial charge in [0.05, 0.1) is 12.7 Å². The molecular weight excluding hydrogens is 164 g/mol. The number of nitriles is 1. The minimum Gasteiger partial charge on any atom is -0.380 e. The Morgan fingerprint density at radius 3 is 2.77 bits per heavy atom. The van der Waals surface area contributed by atoms with Gasteiger partial charge in [0, 0.05) is 24.6 Å². The van der Waals surface area contributed by atoms with Crippen molar-refractivity contribution in [3.05, 3.63) is 0 Å². The van der Waals surface area contributed by atoms with Gasteiger partial charge in [-0.25, -0.2) is 0 Å². The van der Waals surface area contributed by atoms with Gasteiger partial charge >= 0.3 is 0 Å². The smallest absolute Gasteiger partial charge is 0.0656 e. The first-order chi connectivity index (χ1) is 6.38. The molecule has 0 aromatic rings. The molecule has 0 bridgehead atoms. The van der Waals surface area contributed by atoms with Crippen molar-refractivity contribution in [3.8, 4) is 6.07 Å². The minimum absolute atomic E-state index is 0.292. The highest BCUT2D eigenvalue weighted by Gasteiger charge is 2.27. The fourth-order valence-electron chi connectivity index (χ4n) is 2.25. The average Bonchev–Trinajstić information content (AvgIpc) is 2.76. The van der Waals surface area contributed by atoms with Crippen LogP contribution in [0.15, 0.2) is 0 Å². The van der Waals surface area contributed by atoms with E-state index in [1.54, 1.807) is 0 Å². The van der Waals surface area contributed by atoms with Crippen LogP contribution < -0.4 is 5.32 Å². The molecular formula is C10H16N2O. The average molecular weight is 180 g/mol. The van der Waals surface area contributed by atoms with E-state index in [1.165, 1.54) is 0 Å². The summed E-state index contributed by atoms with van der Waals surface area (Å²) in [6.07, 6.45) is 4.40. The van der Waals surface area contributed by atoms with Crippen molar-refractivity contribution in [1.29, 1.82) is 5.26 Å². The molecule has 2 rings (SSSR count). The van der Waals surface area contributed by atoms with Crippen LogP contribution in [0.25, 0.3) is 0 Å². The van der Waals surface area contributed by atoms with Crippen molar-refractivity contribution in [2.24, 2.45) is 5.92 Å². The highest BCUT2D eigenvalue weighted by Crippen LogP contribution is 2.25. The molecule has 3 heteroatoms. The summed E-state index contributed by atoms with van der Waals surface area (Å²) in [5.74, 6) is 0.292. The van der Waals surface area contributed by atoms with Crippen LogP contribution in [0.3, 0.4) is 0 Å². The lowest BCUT2D eigenvalue weighted by Crippen LogP contribution is -2.37. The van der Waals surface area contributed by atoms with Crippen LogP contribution in [0.5, 0.6) is 0 Å². The second kappa shape index (κ2) is 4.08. The lowest BCUT2D eigenvalue weighted by molar-refractivity contribution is 0.188. The molecule has 2 aliphatic rings. The molecule has 1 N–H and O–H groups in total. The van der Waals surface area contributed by atoms with E-state index in [4.69, 9.17) is 10.00 Å². The topological polar surface area (TPSA) is 45.0 Å². The summed E-state index contributed by atoms with van der Waals surface area (Å²) in [7, 11) is 0. The zero-order valence-electron chi connectivity index (χ0n) is 7.83. The van der Waals surface area contributed by atoms with Crippen molar-refractivity contribution in [1.82, 2.24) is 5.32 Å². The molecule has 0 amide bonds. The summed E-state index contributed by atoms with van der Waals surface area (Å²) < 4.78 is 5.29. The van der Waals surface area contributed by atoms with Gasteiger partial charge in [-0.3, -0.25) is 0 Å². The molecule has 13 heavy (non-hydrogen) atoms. The van der Waals surface area contributed by atoms with E-state index < -0.39 is 0 Å². The minimum atomic E-state index is 0.292. The summed E-state index contributed by atoms with van der Waals surface area (Å²) in [6, 6.07) is 3.46. The molecule has 0 spiro atoms. The van der Waals surface area contributed by atoms with E-state index >= 15 is 0 Å². The molecule has 2 fully saturated rings. The highest BCUT2D eigenvalue weighted by molar-refractivity contribution is 4.93. The monoisotopic (exact) mass is 180 g/mol. The van der Waals surface area contributed by atoms with E-state index in [0.717, 1.165) is 38.9 Å². The van der Waals surface area contributed by atoms with Crippen LogP contribution in [0.4, 0.5) is 0 Å². The van der Waals surface area contributed by atoms with Crippen LogP contribution >= 0.6 is 0 Å². The summed E-state index contributed by atoms with van der Waals surface area (Å²) in [6.45, 7) is 1.75. The maximum absolute atomic E-state index is 8.74. The number of nitrogens with zero attached hydrogens (tertiary/aromatic N) is 1. The number of nitrogens with one attached hydrogen (secondary N) is 1. The third-order valence-corrected chi connectivity index (χ3v) is 3.02. The molecule has 1 saturated heterocycles.